The van der Waals surface area contributed by atoms with E-state index in [0.717, 1.165) is 31.6 Å². The molecule has 0 rings (SSSR count). The van der Waals surface area contributed by atoms with Crippen molar-refractivity contribution in [1.29, 1.82) is 0 Å². The Bertz CT molecular complexity index is 1150. The maximum Gasteiger partial charge on any atom is 0.469 e. The largest absolute Gasteiger partial charge is 0.469 e. The number of rotatable bonds is 35. The molecule has 0 saturated carbocycles. The first-order chi connectivity index (χ1) is 25.9. The van der Waals surface area contributed by atoms with Crippen molar-refractivity contribution in [3.8, 4) is 0 Å². The number of esters is 2. The van der Waals surface area contributed by atoms with Crippen LogP contribution in [-0.2, 0) is 28.2 Å². The molecule has 0 radical (unpaired) electrons. The average molecular weight is 781 g/mol. The lowest BCUT2D eigenvalue weighted by Crippen LogP contribution is -2.29. The smallest absolute Gasteiger partial charge is 0.462 e. The Labute approximate surface area is 326 Å². The van der Waals surface area contributed by atoms with Gasteiger partial charge in [0.2, 0.25) is 0 Å². The van der Waals surface area contributed by atoms with Crippen LogP contribution >= 0.6 is 7.82 Å². The number of aliphatic hydroxyl groups is 2. The third-order valence-electron chi connectivity index (χ3n) is 8.34. The first-order valence-electron chi connectivity index (χ1n) is 20.3. The number of aliphatic hydroxyl groups excluding tert-OH is 2. The van der Waals surface area contributed by atoms with E-state index in [0.29, 0.717) is 32.1 Å². The standard InChI is InChI=1S/C43H73O10P/c1-4-5-22-30-39(44)31-24-18-14-12-15-19-25-32-40(45)33-26-21-28-34-42(46)51-36-41(37-52-54(48,49)50)53-43(47)35-27-20-16-11-9-7-6-8-10-13-17-23-29-38(2)3/h5,14-15,18-19,22,24-26,31-33,38-41,44-45H,4,6-13,16-17,20-21,23,27-30,34-37H2,1-3H3,(H2,48,49,50)/b18-14-,19-15-,22-5-,31-24+,32-25+,33-26-/t39-,40-,41-/m1/s1. The third kappa shape index (κ3) is 39.1. The normalized spacial score (nSPS) is 14.5. The minimum atomic E-state index is -4.80. The number of phosphoric ester groups is 1. The number of allylic oxidation sites excluding steroid dienone is 8. The van der Waals surface area contributed by atoms with E-state index in [4.69, 9.17) is 19.3 Å². The summed E-state index contributed by atoms with van der Waals surface area (Å²) in [6.07, 6.45) is 38.5. The van der Waals surface area contributed by atoms with Crippen LogP contribution < -0.4 is 0 Å². The van der Waals surface area contributed by atoms with Gasteiger partial charge < -0.3 is 29.5 Å². The highest BCUT2D eigenvalue weighted by atomic mass is 31.2. The monoisotopic (exact) mass is 780 g/mol. The van der Waals surface area contributed by atoms with Crippen LogP contribution in [0.25, 0.3) is 0 Å². The van der Waals surface area contributed by atoms with E-state index >= 15 is 0 Å². The number of carbonyl (C=O) groups excluding carboxylic acids is 2. The lowest BCUT2D eigenvalue weighted by molar-refractivity contribution is -0.161. The van der Waals surface area contributed by atoms with Crippen molar-refractivity contribution < 1.29 is 48.2 Å². The molecule has 0 aliphatic heterocycles. The van der Waals surface area contributed by atoms with E-state index in [1.807, 2.05) is 42.5 Å². The van der Waals surface area contributed by atoms with E-state index in [9.17, 15) is 24.4 Å². The highest BCUT2D eigenvalue weighted by Crippen LogP contribution is 2.36. The van der Waals surface area contributed by atoms with Gasteiger partial charge in [0, 0.05) is 12.8 Å². The summed E-state index contributed by atoms with van der Waals surface area (Å²) < 4.78 is 26.2. The van der Waals surface area contributed by atoms with E-state index in [1.165, 1.54) is 57.8 Å². The fourth-order valence-electron chi connectivity index (χ4n) is 5.30. The van der Waals surface area contributed by atoms with Crippen molar-refractivity contribution in [3.63, 3.8) is 0 Å². The molecule has 54 heavy (non-hydrogen) atoms. The third-order valence-corrected chi connectivity index (χ3v) is 8.83. The van der Waals surface area contributed by atoms with Crippen molar-refractivity contribution in [1.82, 2.24) is 0 Å². The fraction of sp³-hybridized carbons (Fsp3) is 0.674. The van der Waals surface area contributed by atoms with Crippen LogP contribution in [0, 0.1) is 5.92 Å². The quantitative estimate of drug-likeness (QED) is 0.0160. The second-order valence-electron chi connectivity index (χ2n) is 14.1. The molecule has 0 aromatic heterocycles. The van der Waals surface area contributed by atoms with Crippen molar-refractivity contribution in [2.45, 2.75) is 167 Å². The number of unbranched alkanes of at least 4 members (excludes halogenated alkanes) is 12. The molecule has 0 aliphatic carbocycles. The molecule has 0 bridgehead atoms. The van der Waals surface area contributed by atoms with Gasteiger partial charge in [-0.15, -0.1) is 0 Å². The fourth-order valence-corrected chi connectivity index (χ4v) is 5.66. The number of ether oxygens (including phenoxy) is 2. The maximum absolute atomic E-state index is 12.4. The number of hydrogen-bond donors (Lipinski definition) is 4. The highest BCUT2D eigenvalue weighted by molar-refractivity contribution is 7.46. The lowest BCUT2D eigenvalue weighted by atomic mass is 10.0. The zero-order valence-electron chi connectivity index (χ0n) is 33.5. The summed E-state index contributed by atoms with van der Waals surface area (Å²) >= 11 is 0. The number of phosphoric acid groups is 1. The Morgan fingerprint density at radius 3 is 1.81 bits per heavy atom. The zero-order valence-corrected chi connectivity index (χ0v) is 34.4. The van der Waals surface area contributed by atoms with Crippen LogP contribution in [0.5, 0.6) is 0 Å². The van der Waals surface area contributed by atoms with E-state index in [-0.39, 0.29) is 19.4 Å². The highest BCUT2D eigenvalue weighted by Gasteiger charge is 2.22. The summed E-state index contributed by atoms with van der Waals surface area (Å²) in [5.74, 6) is -0.270. The van der Waals surface area contributed by atoms with E-state index < -0.39 is 44.7 Å². The molecule has 10 nitrogen and oxygen atoms in total. The molecule has 3 atom stereocenters. The number of hydrogen-bond acceptors (Lipinski definition) is 8. The lowest BCUT2D eigenvalue weighted by Gasteiger charge is -2.18. The van der Waals surface area contributed by atoms with Gasteiger partial charge in [0.15, 0.2) is 6.10 Å². The van der Waals surface area contributed by atoms with Crippen molar-refractivity contribution in [2.75, 3.05) is 13.2 Å². The van der Waals surface area contributed by atoms with Crippen molar-refractivity contribution in [2.24, 2.45) is 5.92 Å². The van der Waals surface area contributed by atoms with Gasteiger partial charge in [0.1, 0.15) is 6.61 Å². The predicted octanol–water partition coefficient (Wildman–Crippen LogP) is 10.1. The molecule has 0 spiro atoms. The Kier molecular flexibility index (Phi) is 34.3. The van der Waals surface area contributed by atoms with Crippen molar-refractivity contribution >= 4 is 19.8 Å². The molecular weight excluding hydrogens is 707 g/mol. The SMILES string of the molecule is CC/C=C\C[C@@H](O)/C=C/C=C\C/C=C\C=C\[C@@H](O)/C=C\CCCC(=O)OC[C@H](COP(=O)(O)O)OC(=O)CCCCCCCCCCCCCCC(C)C. The van der Waals surface area contributed by atoms with Crippen molar-refractivity contribution in [3.05, 3.63) is 72.9 Å². The topological polar surface area (TPSA) is 160 Å². The second kappa shape index (κ2) is 36.1. The molecule has 11 heteroatoms. The van der Waals surface area contributed by atoms with Gasteiger partial charge in [-0.2, -0.15) is 0 Å². The maximum atomic E-state index is 12.4. The summed E-state index contributed by atoms with van der Waals surface area (Å²) in [5, 5.41) is 19.9. The first kappa shape index (κ1) is 51.4. The van der Waals surface area contributed by atoms with Crippen LogP contribution in [-0.4, -0.2) is 63.5 Å². The Hall–Kier alpha value is -2.59. The van der Waals surface area contributed by atoms with Gasteiger partial charge in [-0.3, -0.25) is 14.1 Å². The van der Waals surface area contributed by atoms with E-state index in [1.54, 1.807) is 30.4 Å². The van der Waals surface area contributed by atoms with Gasteiger partial charge in [0.05, 0.1) is 18.8 Å². The van der Waals surface area contributed by atoms with Crippen LogP contribution in [0.2, 0.25) is 0 Å². The summed E-state index contributed by atoms with van der Waals surface area (Å²) in [4.78, 5) is 42.8. The molecule has 0 aromatic carbocycles. The van der Waals surface area contributed by atoms with Crippen LogP contribution in [0.1, 0.15) is 149 Å². The molecule has 4 N–H and O–H groups in total. The number of carbonyl (C=O) groups is 2. The summed E-state index contributed by atoms with van der Waals surface area (Å²) in [6, 6.07) is 0. The van der Waals surface area contributed by atoms with Gasteiger partial charge in [-0.05, 0) is 44.4 Å². The molecule has 0 aliphatic rings. The first-order valence-corrected chi connectivity index (χ1v) is 21.9. The Balaban J connectivity index is 4.21. The van der Waals surface area contributed by atoms with E-state index in [2.05, 4.69) is 25.3 Å². The molecular formula is C43H73O10P. The molecule has 0 unspecified atom stereocenters. The Morgan fingerprint density at radius 2 is 1.22 bits per heavy atom. The molecule has 0 heterocycles. The van der Waals surface area contributed by atoms with Crippen LogP contribution in [0.4, 0.5) is 0 Å². The molecule has 0 aromatic rings. The van der Waals surface area contributed by atoms with Crippen LogP contribution in [0.3, 0.4) is 0 Å². The summed E-state index contributed by atoms with van der Waals surface area (Å²) in [6.45, 7) is 5.64. The summed E-state index contributed by atoms with van der Waals surface area (Å²) in [5.41, 5.74) is 0. The van der Waals surface area contributed by atoms with Gasteiger partial charge in [-0.25, -0.2) is 4.57 Å². The van der Waals surface area contributed by atoms with Gasteiger partial charge >= 0.3 is 19.8 Å². The Morgan fingerprint density at radius 1 is 0.648 bits per heavy atom. The average Bonchev–Trinajstić information content (AvgIpc) is 3.11. The molecule has 0 fully saturated rings. The van der Waals surface area contributed by atoms with Crippen LogP contribution in [0.15, 0.2) is 72.9 Å². The van der Waals surface area contributed by atoms with Gasteiger partial charge in [-0.1, -0.05) is 171 Å². The molecule has 310 valence electrons. The summed E-state index contributed by atoms with van der Waals surface area (Å²) in [7, 11) is -4.80. The van der Waals surface area contributed by atoms with Gasteiger partial charge in [0.25, 0.3) is 0 Å². The molecule has 0 saturated heterocycles. The minimum Gasteiger partial charge on any atom is -0.462 e. The predicted molar refractivity (Wildman–Crippen MR) is 219 cm³/mol. The second-order valence-corrected chi connectivity index (χ2v) is 15.4. The molecule has 0 amide bonds. The minimum absolute atomic E-state index is 0.0784. The zero-order chi connectivity index (χ0) is 40.1.